The number of nitrogens with zero attached hydrogens (tertiary/aromatic N) is 2. The van der Waals surface area contributed by atoms with E-state index in [0.717, 1.165) is 3.97 Å². The topological polar surface area (TPSA) is 117 Å². The molecule has 4 rings (SSSR count). The van der Waals surface area contributed by atoms with E-state index >= 15 is 0 Å². The van der Waals surface area contributed by atoms with E-state index in [4.69, 9.17) is 19.3 Å². The molecule has 2 heterocycles. The van der Waals surface area contributed by atoms with Gasteiger partial charge in [-0.05, 0) is 54.4 Å². The smallest absolute Gasteiger partial charge is 0.303 e. The minimum absolute atomic E-state index is 0.0473. The van der Waals surface area contributed by atoms with E-state index in [9.17, 15) is 13.2 Å². The Labute approximate surface area is 196 Å². The second-order valence-electron chi connectivity index (χ2n) is 7.33. The highest BCUT2D eigenvalue weighted by molar-refractivity contribution is 7.90. The summed E-state index contributed by atoms with van der Waals surface area (Å²) >= 11 is 0. The van der Waals surface area contributed by atoms with Crippen molar-refractivity contribution in [3.05, 3.63) is 72.7 Å². The minimum Gasteiger partial charge on any atom is -0.493 e. The highest BCUT2D eigenvalue weighted by Gasteiger charge is 2.23. The van der Waals surface area contributed by atoms with Crippen molar-refractivity contribution in [2.24, 2.45) is 0 Å². The van der Waals surface area contributed by atoms with Gasteiger partial charge in [0.1, 0.15) is 11.5 Å². The zero-order valence-corrected chi connectivity index (χ0v) is 19.3. The Balaban J connectivity index is 1.77. The second kappa shape index (κ2) is 9.44. The maximum Gasteiger partial charge on any atom is 0.303 e. The first kappa shape index (κ1) is 23.1. The molecule has 34 heavy (non-hydrogen) atoms. The maximum atomic E-state index is 13.5. The molecule has 0 aliphatic rings. The molecular formula is C24H22N2O7S. The molecule has 176 valence electrons. The summed E-state index contributed by atoms with van der Waals surface area (Å²) in [6.45, 7) is 0. The number of carboxylic acid groups (broad SMARTS) is 1. The van der Waals surface area contributed by atoms with E-state index in [1.807, 2.05) is 0 Å². The summed E-state index contributed by atoms with van der Waals surface area (Å²) < 4.78 is 44.6. The number of fused-ring (bicyclic) bond motifs is 1. The van der Waals surface area contributed by atoms with Crippen molar-refractivity contribution in [2.75, 3.05) is 14.2 Å². The van der Waals surface area contributed by atoms with Crippen LogP contribution in [0.15, 0.2) is 72.0 Å². The Hall–Kier alpha value is -4.05. The van der Waals surface area contributed by atoms with Crippen LogP contribution in [0.2, 0.25) is 0 Å². The number of aromatic nitrogens is 2. The van der Waals surface area contributed by atoms with E-state index < -0.39 is 16.0 Å². The van der Waals surface area contributed by atoms with Crippen molar-refractivity contribution in [2.45, 2.75) is 17.7 Å². The van der Waals surface area contributed by atoms with Gasteiger partial charge in [0.15, 0.2) is 11.5 Å². The summed E-state index contributed by atoms with van der Waals surface area (Å²) in [5.41, 5.74) is 0.926. The molecule has 2 aromatic carbocycles. The quantitative estimate of drug-likeness (QED) is 0.379. The van der Waals surface area contributed by atoms with Crippen LogP contribution in [0, 0.1) is 0 Å². The second-order valence-corrected chi connectivity index (χ2v) is 9.14. The lowest BCUT2D eigenvalue weighted by Crippen LogP contribution is -2.12. The Kier molecular flexibility index (Phi) is 6.42. The van der Waals surface area contributed by atoms with Gasteiger partial charge in [-0.15, -0.1) is 0 Å². The molecule has 0 fully saturated rings. The van der Waals surface area contributed by atoms with Crippen molar-refractivity contribution in [1.82, 2.24) is 8.96 Å². The number of carbonyl (C=O) groups is 1. The third-order valence-electron chi connectivity index (χ3n) is 5.23. The Bertz CT molecular complexity index is 1430. The van der Waals surface area contributed by atoms with Gasteiger partial charge in [-0.25, -0.2) is 12.4 Å². The van der Waals surface area contributed by atoms with Crippen LogP contribution in [0.25, 0.3) is 10.9 Å². The summed E-state index contributed by atoms with van der Waals surface area (Å²) in [7, 11) is -1.08. The lowest BCUT2D eigenvalue weighted by Gasteiger charge is -2.11. The standard InChI is InChI=1S/C24H22N2O7S/c1-31-22-13-20-16(3-8-24(27)28)15-26(21(20)14-23(22)32-2)34(29,30)19-6-4-17(5-7-19)33-18-9-11-25-12-10-18/h4-7,9-15H,3,8H2,1-2H3,(H,27,28). The third kappa shape index (κ3) is 4.53. The molecule has 0 atom stereocenters. The van der Waals surface area contributed by atoms with Gasteiger partial charge in [-0.3, -0.25) is 9.78 Å². The van der Waals surface area contributed by atoms with Gasteiger partial charge < -0.3 is 19.3 Å². The Morgan fingerprint density at radius 1 is 0.971 bits per heavy atom. The molecule has 4 aromatic rings. The fourth-order valence-corrected chi connectivity index (χ4v) is 4.95. The van der Waals surface area contributed by atoms with E-state index in [-0.39, 0.29) is 17.7 Å². The summed E-state index contributed by atoms with van der Waals surface area (Å²) in [6, 6.07) is 12.6. The fraction of sp³-hybridized carbons (Fsp3) is 0.167. The number of hydrogen-bond acceptors (Lipinski definition) is 7. The Morgan fingerprint density at radius 3 is 2.21 bits per heavy atom. The van der Waals surface area contributed by atoms with E-state index in [2.05, 4.69) is 4.98 Å². The lowest BCUT2D eigenvalue weighted by atomic mass is 10.1. The summed E-state index contributed by atoms with van der Waals surface area (Å²) in [6.07, 6.45) is 4.65. The summed E-state index contributed by atoms with van der Waals surface area (Å²) in [5.74, 6) is 0.839. The van der Waals surface area contributed by atoms with Gasteiger partial charge in [-0.1, -0.05) is 0 Å². The first-order valence-corrected chi connectivity index (χ1v) is 11.7. The van der Waals surface area contributed by atoms with Crippen molar-refractivity contribution in [1.29, 1.82) is 0 Å². The predicted octanol–water partition coefficient (Wildman–Crippen LogP) is 4.10. The molecule has 9 nitrogen and oxygen atoms in total. The Morgan fingerprint density at radius 2 is 1.59 bits per heavy atom. The summed E-state index contributed by atoms with van der Waals surface area (Å²) in [5, 5.41) is 9.69. The monoisotopic (exact) mass is 482 g/mol. The first-order valence-electron chi connectivity index (χ1n) is 10.2. The van der Waals surface area contributed by atoms with E-state index in [1.54, 1.807) is 48.8 Å². The van der Waals surface area contributed by atoms with Crippen molar-refractivity contribution in [3.63, 3.8) is 0 Å². The third-order valence-corrected chi connectivity index (χ3v) is 6.92. The van der Waals surface area contributed by atoms with Gasteiger partial charge in [0.25, 0.3) is 10.0 Å². The fourth-order valence-electron chi connectivity index (χ4n) is 3.56. The van der Waals surface area contributed by atoms with E-state index in [1.165, 1.54) is 32.5 Å². The first-order chi connectivity index (χ1) is 16.3. The number of aliphatic carboxylic acids is 1. The van der Waals surface area contributed by atoms with Crippen molar-refractivity contribution in [3.8, 4) is 23.0 Å². The van der Waals surface area contributed by atoms with Gasteiger partial charge in [-0.2, -0.15) is 0 Å². The maximum absolute atomic E-state index is 13.5. The number of rotatable bonds is 9. The van der Waals surface area contributed by atoms with Crippen LogP contribution < -0.4 is 14.2 Å². The predicted molar refractivity (Wildman–Crippen MR) is 124 cm³/mol. The van der Waals surface area contributed by atoms with Crippen LogP contribution in [0.5, 0.6) is 23.0 Å². The number of ether oxygens (including phenoxy) is 3. The molecule has 0 saturated heterocycles. The zero-order chi connectivity index (χ0) is 24.3. The number of benzene rings is 2. The molecule has 0 aliphatic heterocycles. The average molecular weight is 483 g/mol. The molecule has 0 spiro atoms. The van der Waals surface area contributed by atoms with Crippen LogP contribution in [-0.4, -0.2) is 42.7 Å². The van der Waals surface area contributed by atoms with Crippen molar-refractivity contribution < 1.29 is 32.5 Å². The SMILES string of the molecule is COc1cc2c(CCC(=O)O)cn(S(=O)(=O)c3ccc(Oc4ccncc4)cc3)c2cc1OC. The number of carboxylic acids is 1. The lowest BCUT2D eigenvalue weighted by molar-refractivity contribution is -0.136. The molecule has 0 amide bonds. The zero-order valence-electron chi connectivity index (χ0n) is 18.5. The average Bonchev–Trinajstić information content (AvgIpc) is 3.21. The molecule has 2 aromatic heterocycles. The van der Waals surface area contributed by atoms with Gasteiger partial charge in [0.2, 0.25) is 0 Å². The largest absolute Gasteiger partial charge is 0.493 e. The van der Waals surface area contributed by atoms with Crippen LogP contribution in [-0.2, 0) is 21.2 Å². The molecular weight excluding hydrogens is 460 g/mol. The van der Waals surface area contributed by atoms with E-state index in [0.29, 0.717) is 39.5 Å². The van der Waals surface area contributed by atoms with Gasteiger partial charge in [0.05, 0.1) is 24.6 Å². The molecule has 0 radical (unpaired) electrons. The molecule has 1 N–H and O–H groups in total. The molecule has 10 heteroatoms. The summed E-state index contributed by atoms with van der Waals surface area (Å²) in [4.78, 5) is 15.1. The number of pyridine rings is 1. The van der Waals surface area contributed by atoms with Gasteiger partial charge in [0, 0.05) is 36.5 Å². The van der Waals surface area contributed by atoms with Crippen LogP contribution >= 0.6 is 0 Å². The highest BCUT2D eigenvalue weighted by atomic mass is 32.2. The normalized spacial score (nSPS) is 11.4. The number of aryl methyl sites for hydroxylation is 1. The van der Waals surface area contributed by atoms with Crippen molar-refractivity contribution >= 4 is 26.9 Å². The van der Waals surface area contributed by atoms with Crippen LogP contribution in [0.1, 0.15) is 12.0 Å². The molecule has 0 unspecified atom stereocenters. The number of hydrogen-bond donors (Lipinski definition) is 1. The number of methoxy groups -OCH3 is 2. The molecule has 0 bridgehead atoms. The molecule has 0 aliphatic carbocycles. The minimum atomic E-state index is -4.01. The van der Waals surface area contributed by atoms with Gasteiger partial charge >= 0.3 is 5.97 Å². The van der Waals surface area contributed by atoms with Crippen LogP contribution in [0.4, 0.5) is 0 Å². The molecule has 0 saturated carbocycles. The van der Waals surface area contributed by atoms with Crippen LogP contribution in [0.3, 0.4) is 0 Å². The highest BCUT2D eigenvalue weighted by Crippen LogP contribution is 2.36.